The predicted octanol–water partition coefficient (Wildman–Crippen LogP) is 2.32. The van der Waals surface area contributed by atoms with Crippen LogP contribution in [0.2, 0.25) is 0 Å². The molecule has 3 rings (SSSR count). The highest BCUT2D eigenvalue weighted by atomic mass is 32.1. The summed E-state index contributed by atoms with van der Waals surface area (Å²) in [6.45, 7) is 0. The number of nitrogens with one attached hydrogen (secondary N) is 1. The lowest BCUT2D eigenvalue weighted by Gasteiger charge is -2.16. The van der Waals surface area contributed by atoms with E-state index in [4.69, 9.17) is 5.73 Å². The molecule has 23 heavy (non-hydrogen) atoms. The second kappa shape index (κ2) is 6.11. The molecule has 0 spiro atoms. The van der Waals surface area contributed by atoms with Crippen molar-refractivity contribution in [1.29, 1.82) is 5.26 Å². The molecule has 1 amide bonds. The van der Waals surface area contributed by atoms with Crippen LogP contribution in [-0.2, 0) is 11.2 Å². The molecule has 0 radical (unpaired) electrons. The van der Waals surface area contributed by atoms with Crippen molar-refractivity contribution in [2.75, 3.05) is 0 Å². The molecule has 0 bridgehead atoms. The first kappa shape index (κ1) is 15.7. The molecular formula is C17H16FN3OS. The smallest absolute Gasteiger partial charge is 0.238 e. The molecule has 0 saturated heterocycles. The van der Waals surface area contributed by atoms with Gasteiger partial charge in [-0.2, -0.15) is 5.26 Å². The summed E-state index contributed by atoms with van der Waals surface area (Å²) in [5.74, 6) is -0.789. The van der Waals surface area contributed by atoms with Crippen LogP contribution in [0.3, 0.4) is 0 Å². The molecular weight excluding hydrogens is 313 g/mol. The van der Waals surface area contributed by atoms with E-state index in [9.17, 15) is 14.4 Å². The molecule has 1 aromatic heterocycles. The molecule has 3 N–H and O–H groups in total. The highest BCUT2D eigenvalue weighted by molar-refractivity contribution is 7.09. The van der Waals surface area contributed by atoms with Gasteiger partial charge in [-0.3, -0.25) is 4.79 Å². The number of nitrogens with two attached hydrogens (primary N) is 1. The van der Waals surface area contributed by atoms with Gasteiger partial charge in [-0.25, -0.2) is 4.39 Å². The zero-order chi connectivity index (χ0) is 16.4. The maximum absolute atomic E-state index is 13.4. The van der Waals surface area contributed by atoms with Gasteiger partial charge in [0.2, 0.25) is 5.91 Å². The molecule has 1 unspecified atom stereocenters. The van der Waals surface area contributed by atoms with Gasteiger partial charge in [0.05, 0.1) is 12.1 Å². The predicted molar refractivity (Wildman–Crippen MR) is 86.2 cm³/mol. The Labute approximate surface area is 137 Å². The van der Waals surface area contributed by atoms with Crippen molar-refractivity contribution >= 4 is 17.2 Å². The number of benzene rings is 1. The Hall–Kier alpha value is -2.23. The molecule has 6 heteroatoms. The normalized spacial score (nSPS) is 23.8. The number of rotatable bonds is 5. The molecule has 3 atom stereocenters. The van der Waals surface area contributed by atoms with Gasteiger partial charge in [-0.05, 0) is 23.4 Å². The third-order valence-corrected chi connectivity index (χ3v) is 5.06. The highest BCUT2D eigenvalue weighted by Gasteiger charge is 2.57. The van der Waals surface area contributed by atoms with Crippen LogP contribution in [0.4, 0.5) is 4.39 Å². The highest BCUT2D eigenvalue weighted by Crippen LogP contribution is 2.50. The summed E-state index contributed by atoms with van der Waals surface area (Å²) in [5.41, 5.74) is 5.99. The quantitative estimate of drug-likeness (QED) is 0.883. The van der Waals surface area contributed by atoms with Crippen LogP contribution in [0.25, 0.3) is 0 Å². The fourth-order valence-electron chi connectivity index (χ4n) is 2.72. The Morgan fingerprint density at radius 1 is 1.48 bits per heavy atom. The van der Waals surface area contributed by atoms with E-state index in [1.54, 1.807) is 5.38 Å². The Balaban J connectivity index is 1.65. The van der Waals surface area contributed by atoms with E-state index < -0.39 is 17.5 Å². The van der Waals surface area contributed by atoms with Crippen LogP contribution in [0.1, 0.15) is 22.8 Å². The Morgan fingerprint density at radius 2 is 2.22 bits per heavy atom. The Bertz CT molecular complexity index is 755. The molecule has 1 saturated carbocycles. The monoisotopic (exact) mass is 329 g/mol. The Morgan fingerprint density at radius 3 is 2.83 bits per heavy atom. The molecule has 1 aromatic carbocycles. The second-order valence-corrected chi connectivity index (χ2v) is 6.74. The molecule has 1 heterocycles. The zero-order valence-electron chi connectivity index (χ0n) is 12.3. The van der Waals surface area contributed by atoms with Crippen LogP contribution >= 0.6 is 11.3 Å². The summed E-state index contributed by atoms with van der Waals surface area (Å²) in [4.78, 5) is 12.7. The van der Waals surface area contributed by atoms with Crippen molar-refractivity contribution in [1.82, 2.24) is 5.32 Å². The maximum atomic E-state index is 13.4. The third kappa shape index (κ3) is 3.11. The van der Waals surface area contributed by atoms with Crippen molar-refractivity contribution in [2.45, 2.75) is 30.3 Å². The zero-order valence-corrected chi connectivity index (χ0v) is 13.1. The van der Waals surface area contributed by atoms with Gasteiger partial charge in [0.1, 0.15) is 11.4 Å². The van der Waals surface area contributed by atoms with Crippen LogP contribution in [-0.4, -0.2) is 17.5 Å². The van der Waals surface area contributed by atoms with Crippen molar-refractivity contribution in [3.8, 4) is 6.07 Å². The van der Waals surface area contributed by atoms with Gasteiger partial charge in [0.15, 0.2) is 0 Å². The minimum absolute atomic E-state index is 0.0247. The molecule has 1 aliphatic carbocycles. The van der Waals surface area contributed by atoms with Crippen LogP contribution in [0.5, 0.6) is 0 Å². The van der Waals surface area contributed by atoms with E-state index in [2.05, 4.69) is 11.4 Å². The summed E-state index contributed by atoms with van der Waals surface area (Å²) in [7, 11) is 0. The average Bonchev–Trinajstić information content (AvgIpc) is 3.15. The van der Waals surface area contributed by atoms with Gasteiger partial charge in [0.25, 0.3) is 0 Å². The first-order valence-corrected chi connectivity index (χ1v) is 8.19. The van der Waals surface area contributed by atoms with Crippen molar-refractivity contribution < 1.29 is 9.18 Å². The largest absolute Gasteiger partial charge is 0.336 e. The van der Waals surface area contributed by atoms with E-state index in [-0.39, 0.29) is 18.2 Å². The summed E-state index contributed by atoms with van der Waals surface area (Å²) >= 11 is 1.23. The number of carbonyl (C=O) groups is 1. The minimum Gasteiger partial charge on any atom is -0.336 e. The van der Waals surface area contributed by atoms with Gasteiger partial charge in [-0.1, -0.05) is 30.3 Å². The molecule has 1 fully saturated rings. The standard InChI is InChI=1S/C17H16FN3OS/c18-13-6-7-23-15(13)8-14(20)16(22)21-17(10-19)9-12(17)11-4-2-1-3-5-11/h1-7,12,14H,8-9,20H2,(H,21,22)/t12-,14?,17+/m1/s1. The van der Waals surface area contributed by atoms with Crippen LogP contribution in [0, 0.1) is 17.1 Å². The lowest BCUT2D eigenvalue weighted by molar-refractivity contribution is -0.122. The van der Waals surface area contributed by atoms with Gasteiger partial charge in [0, 0.05) is 17.2 Å². The van der Waals surface area contributed by atoms with Gasteiger partial charge in [-0.15, -0.1) is 11.3 Å². The van der Waals surface area contributed by atoms with Gasteiger partial charge < -0.3 is 11.1 Å². The number of hydrogen-bond acceptors (Lipinski definition) is 4. The van der Waals surface area contributed by atoms with E-state index in [1.807, 2.05) is 30.3 Å². The molecule has 118 valence electrons. The number of hydrogen-bond donors (Lipinski definition) is 2. The molecule has 0 aliphatic heterocycles. The summed E-state index contributed by atoms with van der Waals surface area (Å²) in [6, 6.07) is 12.3. The average molecular weight is 329 g/mol. The van der Waals surface area contributed by atoms with E-state index in [0.29, 0.717) is 11.3 Å². The van der Waals surface area contributed by atoms with E-state index in [1.165, 1.54) is 17.4 Å². The maximum Gasteiger partial charge on any atom is 0.238 e. The van der Waals surface area contributed by atoms with E-state index >= 15 is 0 Å². The fourth-order valence-corrected chi connectivity index (χ4v) is 3.52. The first-order valence-electron chi connectivity index (χ1n) is 7.31. The lowest BCUT2D eigenvalue weighted by Crippen LogP contribution is -2.47. The number of nitrogens with zero attached hydrogens (tertiary/aromatic N) is 1. The number of nitriles is 1. The summed E-state index contributed by atoms with van der Waals surface area (Å²) in [5, 5.41) is 13.8. The van der Waals surface area contributed by atoms with Crippen molar-refractivity contribution in [3.05, 3.63) is 58.0 Å². The van der Waals surface area contributed by atoms with Crippen LogP contribution < -0.4 is 11.1 Å². The fraction of sp³-hybridized carbons (Fsp3) is 0.294. The van der Waals surface area contributed by atoms with Crippen molar-refractivity contribution in [2.24, 2.45) is 5.73 Å². The topological polar surface area (TPSA) is 78.9 Å². The summed E-state index contributed by atoms with van der Waals surface area (Å²) < 4.78 is 13.4. The summed E-state index contributed by atoms with van der Waals surface area (Å²) in [6.07, 6.45) is 0.701. The van der Waals surface area contributed by atoms with Gasteiger partial charge >= 0.3 is 0 Å². The molecule has 4 nitrogen and oxygen atoms in total. The number of thiophene rings is 1. The first-order chi connectivity index (χ1) is 11.1. The number of amides is 1. The SMILES string of the molecule is N#C[C@@]1(NC(=O)C(N)Cc2sccc2F)C[C@@H]1c1ccccc1. The van der Waals surface area contributed by atoms with Crippen molar-refractivity contribution in [3.63, 3.8) is 0 Å². The number of halogens is 1. The third-order valence-electron chi connectivity index (χ3n) is 4.14. The lowest BCUT2D eigenvalue weighted by atomic mass is 10.1. The Kier molecular flexibility index (Phi) is 4.16. The molecule has 2 aromatic rings. The van der Waals surface area contributed by atoms with E-state index in [0.717, 1.165) is 5.56 Å². The minimum atomic E-state index is -0.899. The number of carbonyl (C=O) groups excluding carboxylic acids is 1. The second-order valence-electron chi connectivity index (χ2n) is 5.74. The van der Waals surface area contributed by atoms with Crippen LogP contribution in [0.15, 0.2) is 41.8 Å². The molecule has 1 aliphatic rings.